The van der Waals surface area contributed by atoms with Crippen LogP contribution >= 0.6 is 11.6 Å². The van der Waals surface area contributed by atoms with Crippen molar-refractivity contribution in [1.82, 2.24) is 4.31 Å². The molecule has 0 aromatic heterocycles. The topological polar surface area (TPSA) is 94.2 Å². The van der Waals surface area contributed by atoms with Crippen LogP contribution in [0.1, 0.15) is 12.8 Å². The second-order valence-corrected chi connectivity index (χ2v) is 9.40. The lowest BCUT2D eigenvalue weighted by Gasteiger charge is -2.31. The molecule has 168 valence electrons. The predicted octanol–water partition coefficient (Wildman–Crippen LogP) is 3.41. The molecule has 1 aliphatic rings. The Morgan fingerprint density at radius 3 is 2.35 bits per heavy atom. The first-order valence-electron chi connectivity index (χ1n) is 9.66. The molecule has 1 fully saturated rings. The van der Waals surface area contributed by atoms with Crippen LogP contribution in [0.2, 0.25) is 5.02 Å². The third-order valence-electron chi connectivity index (χ3n) is 5.17. The Bertz CT molecular complexity index is 1060. The summed E-state index contributed by atoms with van der Waals surface area (Å²) in [7, 11) is 0.642. The van der Waals surface area contributed by atoms with Crippen LogP contribution in [0.3, 0.4) is 0 Å². The van der Waals surface area contributed by atoms with Gasteiger partial charge in [0.25, 0.3) is 0 Å². The highest BCUT2D eigenvalue weighted by atomic mass is 35.5. The zero-order valence-electron chi connectivity index (χ0n) is 17.6. The SMILES string of the molecule is COc1ccc(NC(=O)[C@H]2CCCN(S(=O)(=O)c3ccc(OC)c(OC)c3)C2)cc1Cl. The molecule has 31 heavy (non-hydrogen) atoms. The van der Waals surface area contributed by atoms with Gasteiger partial charge in [-0.15, -0.1) is 0 Å². The van der Waals surface area contributed by atoms with Crippen molar-refractivity contribution in [2.75, 3.05) is 39.7 Å². The predicted molar refractivity (Wildman–Crippen MR) is 118 cm³/mol. The number of benzene rings is 2. The molecule has 1 heterocycles. The molecule has 3 rings (SSSR count). The maximum Gasteiger partial charge on any atom is 0.243 e. The van der Waals surface area contributed by atoms with E-state index in [0.29, 0.717) is 47.3 Å². The lowest BCUT2D eigenvalue weighted by atomic mass is 9.98. The third-order valence-corrected chi connectivity index (χ3v) is 7.32. The minimum Gasteiger partial charge on any atom is -0.495 e. The Morgan fingerprint density at radius 1 is 1.03 bits per heavy atom. The first-order chi connectivity index (χ1) is 14.8. The second kappa shape index (κ2) is 9.76. The average Bonchev–Trinajstić information content (AvgIpc) is 2.78. The molecule has 1 aliphatic heterocycles. The van der Waals surface area contributed by atoms with Crippen molar-refractivity contribution < 1.29 is 27.4 Å². The average molecular weight is 469 g/mol. The van der Waals surface area contributed by atoms with E-state index in [4.69, 9.17) is 25.8 Å². The fourth-order valence-corrected chi connectivity index (χ4v) is 5.29. The number of hydrogen-bond acceptors (Lipinski definition) is 6. The quantitative estimate of drug-likeness (QED) is 0.669. The molecule has 0 spiro atoms. The van der Waals surface area contributed by atoms with Crippen molar-refractivity contribution in [3.63, 3.8) is 0 Å². The van der Waals surface area contributed by atoms with E-state index >= 15 is 0 Å². The van der Waals surface area contributed by atoms with Crippen molar-refractivity contribution in [2.45, 2.75) is 17.7 Å². The van der Waals surface area contributed by atoms with Gasteiger partial charge < -0.3 is 19.5 Å². The molecule has 1 atom stereocenters. The standard InChI is InChI=1S/C21H25ClN2O6S/c1-28-18-8-6-15(11-17(18)22)23-21(25)14-5-4-10-24(13-14)31(26,27)16-7-9-19(29-2)20(12-16)30-3/h6-9,11-12,14H,4-5,10,13H2,1-3H3,(H,23,25)/t14-/m0/s1. The zero-order chi connectivity index (χ0) is 22.6. The number of anilines is 1. The zero-order valence-corrected chi connectivity index (χ0v) is 19.1. The summed E-state index contributed by atoms with van der Waals surface area (Å²) in [5, 5.41) is 3.19. The van der Waals surface area contributed by atoms with Gasteiger partial charge in [0.05, 0.1) is 37.2 Å². The minimum absolute atomic E-state index is 0.0897. The molecule has 0 saturated carbocycles. The van der Waals surface area contributed by atoms with Crippen LogP contribution < -0.4 is 19.5 Å². The van der Waals surface area contributed by atoms with E-state index < -0.39 is 15.9 Å². The normalized spacial score (nSPS) is 17.1. The van der Waals surface area contributed by atoms with E-state index in [2.05, 4.69) is 5.32 Å². The number of rotatable bonds is 7. The summed E-state index contributed by atoms with van der Waals surface area (Å²) >= 11 is 6.11. The highest BCUT2D eigenvalue weighted by molar-refractivity contribution is 7.89. The number of hydrogen-bond donors (Lipinski definition) is 1. The molecule has 0 bridgehead atoms. The van der Waals surface area contributed by atoms with Crippen LogP contribution in [0.5, 0.6) is 17.2 Å². The number of ether oxygens (including phenoxy) is 3. The summed E-state index contributed by atoms with van der Waals surface area (Å²) in [6.45, 7) is 0.432. The summed E-state index contributed by atoms with van der Waals surface area (Å²) in [6.07, 6.45) is 1.17. The minimum atomic E-state index is -3.79. The van der Waals surface area contributed by atoms with E-state index in [9.17, 15) is 13.2 Å². The Labute approximate surface area is 187 Å². The first kappa shape index (κ1) is 23.2. The second-order valence-electron chi connectivity index (χ2n) is 7.06. The van der Waals surface area contributed by atoms with Crippen LogP contribution in [0.4, 0.5) is 5.69 Å². The Kier molecular flexibility index (Phi) is 7.30. The number of halogens is 1. The van der Waals surface area contributed by atoms with E-state index in [0.717, 1.165) is 0 Å². The van der Waals surface area contributed by atoms with Gasteiger partial charge >= 0.3 is 0 Å². The summed E-state index contributed by atoms with van der Waals surface area (Å²) in [6, 6.07) is 9.39. The highest BCUT2D eigenvalue weighted by Crippen LogP contribution is 2.32. The number of piperidine rings is 1. The van der Waals surface area contributed by atoms with Crippen LogP contribution in [-0.4, -0.2) is 53.0 Å². The van der Waals surface area contributed by atoms with Crippen molar-refractivity contribution in [3.8, 4) is 17.2 Å². The van der Waals surface area contributed by atoms with Gasteiger partial charge in [0.15, 0.2) is 11.5 Å². The maximum atomic E-state index is 13.2. The van der Waals surface area contributed by atoms with Gasteiger partial charge in [-0.2, -0.15) is 4.31 Å². The number of carbonyl (C=O) groups is 1. The van der Waals surface area contributed by atoms with E-state index in [1.54, 1.807) is 24.3 Å². The molecule has 2 aromatic carbocycles. The number of amides is 1. The smallest absolute Gasteiger partial charge is 0.243 e. The molecule has 1 saturated heterocycles. The molecule has 0 aliphatic carbocycles. The fraction of sp³-hybridized carbons (Fsp3) is 0.381. The van der Waals surface area contributed by atoms with Gasteiger partial charge in [-0.25, -0.2) is 8.42 Å². The third kappa shape index (κ3) is 5.06. The monoisotopic (exact) mass is 468 g/mol. The number of nitrogens with zero attached hydrogens (tertiary/aromatic N) is 1. The summed E-state index contributed by atoms with van der Waals surface area (Å²) in [5.74, 6) is 0.532. The maximum absolute atomic E-state index is 13.2. The van der Waals surface area contributed by atoms with Gasteiger partial charge in [-0.3, -0.25) is 4.79 Å². The van der Waals surface area contributed by atoms with Crippen LogP contribution in [0.25, 0.3) is 0 Å². The summed E-state index contributed by atoms with van der Waals surface area (Å²) < 4.78 is 43.2. The molecular formula is C21H25ClN2O6S. The van der Waals surface area contributed by atoms with Crippen molar-refractivity contribution >= 4 is 33.2 Å². The molecule has 0 unspecified atom stereocenters. The van der Waals surface area contributed by atoms with Crippen molar-refractivity contribution in [3.05, 3.63) is 41.4 Å². The van der Waals surface area contributed by atoms with Crippen LogP contribution in [0, 0.1) is 5.92 Å². The van der Waals surface area contributed by atoms with Crippen LogP contribution in [0.15, 0.2) is 41.3 Å². The molecule has 1 N–H and O–H groups in total. The molecule has 8 nitrogen and oxygen atoms in total. The van der Waals surface area contributed by atoms with Gasteiger partial charge in [0.1, 0.15) is 5.75 Å². The van der Waals surface area contributed by atoms with Gasteiger partial charge in [0.2, 0.25) is 15.9 Å². The number of carbonyl (C=O) groups excluding carboxylic acids is 1. The van der Waals surface area contributed by atoms with Gasteiger partial charge in [-0.05, 0) is 43.2 Å². The first-order valence-corrected chi connectivity index (χ1v) is 11.5. The highest BCUT2D eigenvalue weighted by Gasteiger charge is 2.34. The van der Waals surface area contributed by atoms with Crippen LogP contribution in [-0.2, 0) is 14.8 Å². The lowest BCUT2D eigenvalue weighted by Crippen LogP contribution is -2.43. The molecule has 0 radical (unpaired) electrons. The molecule has 10 heteroatoms. The van der Waals surface area contributed by atoms with E-state index in [1.165, 1.54) is 37.8 Å². The van der Waals surface area contributed by atoms with E-state index in [-0.39, 0.29) is 17.3 Å². The number of sulfonamides is 1. The summed E-state index contributed by atoms with van der Waals surface area (Å²) in [4.78, 5) is 12.9. The largest absolute Gasteiger partial charge is 0.495 e. The molecule has 1 amide bonds. The number of methoxy groups -OCH3 is 3. The van der Waals surface area contributed by atoms with Gasteiger partial charge in [-0.1, -0.05) is 11.6 Å². The fourth-order valence-electron chi connectivity index (χ4n) is 3.49. The Morgan fingerprint density at radius 2 is 1.71 bits per heavy atom. The molecular weight excluding hydrogens is 444 g/mol. The summed E-state index contributed by atoms with van der Waals surface area (Å²) in [5.41, 5.74) is 0.524. The van der Waals surface area contributed by atoms with Crippen molar-refractivity contribution in [2.24, 2.45) is 5.92 Å². The Balaban J connectivity index is 1.75. The van der Waals surface area contributed by atoms with Gasteiger partial charge in [0, 0.05) is 24.8 Å². The van der Waals surface area contributed by atoms with Crippen molar-refractivity contribution in [1.29, 1.82) is 0 Å². The Hall–Kier alpha value is -2.49. The lowest BCUT2D eigenvalue weighted by molar-refractivity contribution is -0.120. The van der Waals surface area contributed by atoms with E-state index in [1.807, 2.05) is 0 Å². The number of nitrogens with one attached hydrogen (secondary N) is 1. The molecule has 2 aromatic rings.